The molecule has 0 saturated heterocycles. The Kier molecular flexibility index (Phi) is 4.51. The molecule has 1 amide bonds. The van der Waals surface area contributed by atoms with E-state index in [0.717, 1.165) is 0 Å². The minimum absolute atomic E-state index is 0.398. The summed E-state index contributed by atoms with van der Waals surface area (Å²) in [5, 5.41) is 2.63. The lowest BCUT2D eigenvalue weighted by Crippen LogP contribution is -2.29. The highest BCUT2D eigenvalue weighted by Crippen LogP contribution is 2.23. The van der Waals surface area contributed by atoms with Gasteiger partial charge >= 0.3 is 5.97 Å². The van der Waals surface area contributed by atoms with Gasteiger partial charge in [-0.1, -0.05) is 12.1 Å². The van der Waals surface area contributed by atoms with Crippen LogP contribution in [0.3, 0.4) is 0 Å². The van der Waals surface area contributed by atoms with Crippen LogP contribution in [0.2, 0.25) is 0 Å². The smallest absolute Gasteiger partial charge is 0.303 e. The van der Waals surface area contributed by atoms with Gasteiger partial charge in [-0.2, -0.15) is 0 Å². The van der Waals surface area contributed by atoms with Gasteiger partial charge in [-0.3, -0.25) is 9.59 Å². The molecule has 0 saturated carbocycles. The minimum Gasteiger partial charge on any atom is -0.495 e. The van der Waals surface area contributed by atoms with Crippen molar-refractivity contribution < 1.29 is 19.1 Å². The Hall–Kier alpha value is -2.04. The van der Waals surface area contributed by atoms with Gasteiger partial charge in [0.25, 0.3) is 5.91 Å². The SMILES string of the molecule is COc1ccccc1NC(=O)[C@H](C)OC(C)=O. The van der Waals surface area contributed by atoms with Crippen molar-refractivity contribution in [2.45, 2.75) is 20.0 Å². The van der Waals surface area contributed by atoms with Crippen molar-refractivity contribution in [1.82, 2.24) is 0 Å². The Morgan fingerprint density at radius 2 is 1.94 bits per heavy atom. The van der Waals surface area contributed by atoms with E-state index in [1.54, 1.807) is 24.3 Å². The van der Waals surface area contributed by atoms with Gasteiger partial charge < -0.3 is 14.8 Å². The lowest BCUT2D eigenvalue weighted by atomic mass is 10.2. The molecular formula is C12H15NO4. The van der Waals surface area contributed by atoms with Gasteiger partial charge in [0.05, 0.1) is 12.8 Å². The van der Waals surface area contributed by atoms with Gasteiger partial charge in [-0.15, -0.1) is 0 Å². The highest BCUT2D eigenvalue weighted by molar-refractivity contribution is 5.96. The Bertz CT molecular complexity index is 417. The van der Waals surface area contributed by atoms with Gasteiger partial charge in [-0.25, -0.2) is 0 Å². The van der Waals surface area contributed by atoms with E-state index in [0.29, 0.717) is 11.4 Å². The van der Waals surface area contributed by atoms with Gasteiger partial charge in [0.1, 0.15) is 5.75 Å². The molecule has 0 radical (unpaired) electrons. The Morgan fingerprint density at radius 1 is 1.29 bits per heavy atom. The molecule has 0 spiro atoms. The maximum atomic E-state index is 11.7. The first kappa shape index (κ1) is 13.0. The van der Waals surface area contributed by atoms with Crippen molar-refractivity contribution in [3.8, 4) is 5.75 Å². The van der Waals surface area contributed by atoms with E-state index in [4.69, 9.17) is 9.47 Å². The zero-order valence-corrected chi connectivity index (χ0v) is 10.0. The number of hydrogen-bond donors (Lipinski definition) is 1. The van der Waals surface area contributed by atoms with Crippen LogP contribution in [0.5, 0.6) is 5.75 Å². The average molecular weight is 237 g/mol. The zero-order valence-electron chi connectivity index (χ0n) is 10.0. The van der Waals surface area contributed by atoms with Crippen LogP contribution in [0.1, 0.15) is 13.8 Å². The van der Waals surface area contributed by atoms with Crippen LogP contribution in [0.4, 0.5) is 5.69 Å². The van der Waals surface area contributed by atoms with Crippen molar-refractivity contribution in [2.75, 3.05) is 12.4 Å². The molecule has 17 heavy (non-hydrogen) atoms. The van der Waals surface area contributed by atoms with Crippen LogP contribution in [0.15, 0.2) is 24.3 Å². The van der Waals surface area contributed by atoms with Crippen LogP contribution >= 0.6 is 0 Å². The largest absolute Gasteiger partial charge is 0.495 e. The molecule has 0 fully saturated rings. The number of rotatable bonds is 4. The molecule has 1 aromatic rings. The number of nitrogens with one attached hydrogen (secondary N) is 1. The molecule has 5 heteroatoms. The number of methoxy groups -OCH3 is 1. The molecule has 5 nitrogen and oxygen atoms in total. The maximum Gasteiger partial charge on any atom is 0.303 e. The monoisotopic (exact) mass is 237 g/mol. The Labute approximate surface area is 99.7 Å². The average Bonchev–Trinajstić information content (AvgIpc) is 2.28. The third-order valence-electron chi connectivity index (χ3n) is 2.08. The van der Waals surface area contributed by atoms with E-state index in [2.05, 4.69) is 5.32 Å². The number of benzene rings is 1. The van der Waals surface area contributed by atoms with Crippen LogP contribution in [0.25, 0.3) is 0 Å². The summed E-state index contributed by atoms with van der Waals surface area (Å²) in [6, 6.07) is 7.00. The summed E-state index contributed by atoms with van der Waals surface area (Å²) in [5.41, 5.74) is 0.541. The van der Waals surface area contributed by atoms with Crippen LogP contribution in [-0.2, 0) is 14.3 Å². The van der Waals surface area contributed by atoms with Crippen molar-refractivity contribution in [3.63, 3.8) is 0 Å². The summed E-state index contributed by atoms with van der Waals surface area (Å²) in [5.74, 6) is -0.340. The summed E-state index contributed by atoms with van der Waals surface area (Å²) in [7, 11) is 1.51. The normalized spacial score (nSPS) is 11.5. The molecule has 1 aromatic carbocycles. The maximum absolute atomic E-state index is 11.7. The van der Waals surface area contributed by atoms with E-state index in [9.17, 15) is 9.59 Å². The number of hydrogen-bond acceptors (Lipinski definition) is 4. The summed E-state index contributed by atoms with van der Waals surface area (Å²) in [6.45, 7) is 2.76. The van der Waals surface area contributed by atoms with Crippen molar-refractivity contribution in [1.29, 1.82) is 0 Å². The number of para-hydroxylation sites is 2. The predicted molar refractivity (Wildman–Crippen MR) is 62.9 cm³/mol. The molecule has 92 valence electrons. The second-order valence-corrected chi connectivity index (χ2v) is 3.44. The molecular weight excluding hydrogens is 222 g/mol. The molecule has 1 N–H and O–H groups in total. The summed E-state index contributed by atoms with van der Waals surface area (Å²) < 4.78 is 9.85. The zero-order chi connectivity index (χ0) is 12.8. The van der Waals surface area contributed by atoms with Gasteiger partial charge in [0, 0.05) is 6.92 Å². The van der Waals surface area contributed by atoms with E-state index in [-0.39, 0.29) is 0 Å². The number of esters is 1. The number of carbonyl (C=O) groups is 2. The Balaban J connectivity index is 2.70. The highest BCUT2D eigenvalue weighted by Gasteiger charge is 2.16. The summed E-state index contributed by atoms with van der Waals surface area (Å²) in [4.78, 5) is 22.4. The molecule has 0 aromatic heterocycles. The van der Waals surface area contributed by atoms with Crippen molar-refractivity contribution >= 4 is 17.6 Å². The number of amides is 1. The van der Waals surface area contributed by atoms with E-state index in [1.165, 1.54) is 21.0 Å². The second kappa shape index (κ2) is 5.89. The van der Waals surface area contributed by atoms with E-state index in [1.807, 2.05) is 0 Å². The fourth-order valence-corrected chi connectivity index (χ4v) is 1.28. The first-order chi connectivity index (χ1) is 8.04. The molecule has 1 atom stereocenters. The second-order valence-electron chi connectivity index (χ2n) is 3.44. The summed E-state index contributed by atoms with van der Waals surface area (Å²) in [6.07, 6.45) is -0.836. The quantitative estimate of drug-likeness (QED) is 0.807. The molecule has 1 rings (SSSR count). The molecule has 0 heterocycles. The number of carbonyl (C=O) groups excluding carboxylic acids is 2. The van der Waals surface area contributed by atoms with Crippen LogP contribution in [0, 0.1) is 0 Å². The molecule has 0 bridgehead atoms. The minimum atomic E-state index is -0.836. The van der Waals surface area contributed by atoms with Crippen molar-refractivity contribution in [3.05, 3.63) is 24.3 Å². The highest BCUT2D eigenvalue weighted by atomic mass is 16.5. The van der Waals surface area contributed by atoms with Crippen molar-refractivity contribution in [2.24, 2.45) is 0 Å². The number of ether oxygens (including phenoxy) is 2. The van der Waals surface area contributed by atoms with Crippen LogP contribution < -0.4 is 10.1 Å². The molecule has 0 aliphatic rings. The predicted octanol–water partition coefficient (Wildman–Crippen LogP) is 1.59. The topological polar surface area (TPSA) is 64.6 Å². The fraction of sp³-hybridized carbons (Fsp3) is 0.333. The van der Waals surface area contributed by atoms with E-state index >= 15 is 0 Å². The van der Waals surface area contributed by atoms with Gasteiger partial charge in [0.15, 0.2) is 6.10 Å². The first-order valence-electron chi connectivity index (χ1n) is 5.15. The summed E-state index contributed by atoms with van der Waals surface area (Å²) >= 11 is 0. The van der Waals surface area contributed by atoms with Gasteiger partial charge in [0.2, 0.25) is 0 Å². The van der Waals surface area contributed by atoms with E-state index < -0.39 is 18.0 Å². The van der Waals surface area contributed by atoms with Gasteiger partial charge in [-0.05, 0) is 19.1 Å². The molecule has 0 unspecified atom stereocenters. The lowest BCUT2D eigenvalue weighted by molar-refractivity contribution is -0.150. The fourth-order valence-electron chi connectivity index (χ4n) is 1.28. The Morgan fingerprint density at radius 3 is 2.53 bits per heavy atom. The molecule has 0 aliphatic carbocycles. The third-order valence-corrected chi connectivity index (χ3v) is 2.08. The number of anilines is 1. The first-order valence-corrected chi connectivity index (χ1v) is 5.15. The standard InChI is InChI=1S/C12H15NO4/c1-8(17-9(2)14)12(15)13-10-6-4-5-7-11(10)16-3/h4-8H,1-3H3,(H,13,15)/t8-/m0/s1. The third kappa shape index (κ3) is 3.79. The molecule has 0 aliphatic heterocycles. The van der Waals surface area contributed by atoms with Crippen LogP contribution in [-0.4, -0.2) is 25.1 Å². The lowest BCUT2D eigenvalue weighted by Gasteiger charge is -2.14.